The van der Waals surface area contributed by atoms with E-state index in [9.17, 15) is 8.42 Å². The maximum Gasteiger partial charge on any atom is 0.263 e. The quantitative estimate of drug-likeness (QED) is 0.738. The number of nitrogens with two attached hydrogens (primary N) is 1. The Balaban J connectivity index is 2.15. The smallest absolute Gasteiger partial charge is 0.263 e. The van der Waals surface area contributed by atoms with E-state index in [0.29, 0.717) is 23.9 Å². The molecule has 7 nitrogen and oxygen atoms in total. The summed E-state index contributed by atoms with van der Waals surface area (Å²) in [7, 11) is -3.65. The maximum atomic E-state index is 12.1. The lowest BCUT2D eigenvalue weighted by atomic mass is 10.4. The molecule has 0 amide bonds. The molecule has 2 heterocycles. The summed E-state index contributed by atoms with van der Waals surface area (Å²) in [6.07, 6.45) is 2.80. The standard InChI is InChI=1S/C12H16N4O3S/c1-2-19-12-4-3-9(7-15-12)16-20(17,18)11-5-10(6-13)14-8-11/h3-5,7-8,14,16H,2,6,13H2,1H3. The first kappa shape index (κ1) is 14.4. The van der Waals surface area contributed by atoms with Crippen LogP contribution in [0.4, 0.5) is 5.69 Å². The van der Waals surface area contributed by atoms with Crippen LogP contribution in [0.25, 0.3) is 0 Å². The molecule has 0 aliphatic carbocycles. The van der Waals surface area contributed by atoms with E-state index in [1.807, 2.05) is 6.92 Å². The van der Waals surface area contributed by atoms with Crippen LogP contribution in [-0.2, 0) is 16.6 Å². The van der Waals surface area contributed by atoms with Crippen LogP contribution < -0.4 is 15.2 Å². The summed E-state index contributed by atoms with van der Waals surface area (Å²) < 4.78 is 31.8. The monoisotopic (exact) mass is 296 g/mol. The molecular formula is C12H16N4O3S. The number of H-pyrrole nitrogens is 1. The lowest BCUT2D eigenvalue weighted by Crippen LogP contribution is -2.12. The third kappa shape index (κ3) is 3.28. The first-order chi connectivity index (χ1) is 9.55. The van der Waals surface area contributed by atoms with E-state index < -0.39 is 10.0 Å². The highest BCUT2D eigenvalue weighted by molar-refractivity contribution is 7.92. The van der Waals surface area contributed by atoms with Gasteiger partial charge >= 0.3 is 0 Å². The van der Waals surface area contributed by atoms with Crippen molar-refractivity contribution < 1.29 is 13.2 Å². The topological polar surface area (TPSA) is 110 Å². The Kier molecular flexibility index (Phi) is 4.26. The number of nitrogens with one attached hydrogen (secondary N) is 2. The molecule has 0 aliphatic heterocycles. The fourth-order valence-electron chi connectivity index (χ4n) is 1.58. The minimum Gasteiger partial charge on any atom is -0.478 e. The maximum absolute atomic E-state index is 12.1. The van der Waals surface area contributed by atoms with Crippen molar-refractivity contribution in [1.29, 1.82) is 0 Å². The average molecular weight is 296 g/mol. The second-order valence-corrected chi connectivity index (χ2v) is 5.67. The zero-order chi connectivity index (χ0) is 14.6. The fraction of sp³-hybridized carbons (Fsp3) is 0.250. The highest BCUT2D eigenvalue weighted by Gasteiger charge is 2.16. The molecule has 2 aromatic rings. The number of rotatable bonds is 6. The van der Waals surface area contributed by atoms with Crippen molar-refractivity contribution in [2.45, 2.75) is 18.4 Å². The van der Waals surface area contributed by atoms with Crippen molar-refractivity contribution >= 4 is 15.7 Å². The Labute approximate surface area is 117 Å². The molecule has 2 rings (SSSR count). The molecule has 0 unspecified atom stereocenters. The second-order valence-electron chi connectivity index (χ2n) is 3.99. The first-order valence-corrected chi connectivity index (χ1v) is 7.52. The van der Waals surface area contributed by atoms with Crippen molar-refractivity contribution in [2.24, 2.45) is 5.73 Å². The Bertz CT molecular complexity index is 664. The highest BCUT2D eigenvalue weighted by atomic mass is 32.2. The molecule has 0 saturated carbocycles. The summed E-state index contributed by atoms with van der Waals surface area (Å²) in [6.45, 7) is 2.60. The van der Waals surface area contributed by atoms with Crippen molar-refractivity contribution in [1.82, 2.24) is 9.97 Å². The van der Waals surface area contributed by atoms with Crippen LogP contribution in [0.1, 0.15) is 12.6 Å². The Hall–Kier alpha value is -2.06. The normalized spacial score (nSPS) is 11.3. The predicted octanol–water partition coefficient (Wildman–Crippen LogP) is 1.07. The fourth-order valence-corrected chi connectivity index (χ4v) is 2.64. The zero-order valence-electron chi connectivity index (χ0n) is 11.0. The van der Waals surface area contributed by atoms with Gasteiger partial charge in [-0.15, -0.1) is 0 Å². The van der Waals surface area contributed by atoms with E-state index >= 15 is 0 Å². The van der Waals surface area contributed by atoms with E-state index in [1.165, 1.54) is 18.5 Å². The van der Waals surface area contributed by atoms with Crippen molar-refractivity contribution in [3.05, 3.63) is 36.3 Å². The third-order valence-electron chi connectivity index (χ3n) is 2.53. The van der Waals surface area contributed by atoms with Crippen molar-refractivity contribution in [3.63, 3.8) is 0 Å². The average Bonchev–Trinajstić information content (AvgIpc) is 2.91. The molecule has 4 N–H and O–H groups in total. The number of pyridine rings is 1. The summed E-state index contributed by atoms with van der Waals surface area (Å²) in [5.41, 5.74) is 6.45. The zero-order valence-corrected chi connectivity index (χ0v) is 11.8. The minimum atomic E-state index is -3.65. The largest absolute Gasteiger partial charge is 0.478 e. The van der Waals surface area contributed by atoms with Gasteiger partial charge in [-0.3, -0.25) is 4.72 Å². The molecule has 0 atom stereocenters. The van der Waals surface area contributed by atoms with Crippen molar-refractivity contribution in [2.75, 3.05) is 11.3 Å². The molecule has 0 aromatic carbocycles. The van der Waals surface area contributed by atoms with Crippen LogP contribution in [0.3, 0.4) is 0 Å². The van der Waals surface area contributed by atoms with Gasteiger partial charge < -0.3 is 15.5 Å². The molecule has 0 bridgehead atoms. The van der Waals surface area contributed by atoms with Gasteiger partial charge in [-0.25, -0.2) is 13.4 Å². The van der Waals surface area contributed by atoms with E-state index in [0.717, 1.165) is 0 Å². The third-order valence-corrected chi connectivity index (χ3v) is 3.89. The molecule has 20 heavy (non-hydrogen) atoms. The molecular weight excluding hydrogens is 280 g/mol. The van der Waals surface area contributed by atoms with E-state index in [1.54, 1.807) is 12.1 Å². The summed E-state index contributed by atoms with van der Waals surface area (Å²) in [5, 5.41) is 0. The van der Waals surface area contributed by atoms with Gasteiger partial charge in [0.2, 0.25) is 5.88 Å². The number of aromatic amines is 1. The van der Waals surface area contributed by atoms with E-state index in [-0.39, 0.29) is 11.4 Å². The lowest BCUT2D eigenvalue weighted by molar-refractivity contribution is 0.327. The molecule has 0 aliphatic rings. The molecule has 8 heteroatoms. The first-order valence-electron chi connectivity index (χ1n) is 6.04. The van der Waals surface area contributed by atoms with Crippen LogP contribution >= 0.6 is 0 Å². The minimum absolute atomic E-state index is 0.131. The van der Waals surface area contributed by atoms with Gasteiger partial charge in [0.05, 0.1) is 18.5 Å². The van der Waals surface area contributed by atoms with Gasteiger partial charge in [0, 0.05) is 24.5 Å². The number of hydrogen-bond donors (Lipinski definition) is 3. The van der Waals surface area contributed by atoms with Crippen LogP contribution in [0.2, 0.25) is 0 Å². The van der Waals surface area contributed by atoms with E-state index in [2.05, 4.69) is 14.7 Å². The molecule has 0 radical (unpaired) electrons. The number of nitrogens with zero attached hydrogens (tertiary/aromatic N) is 1. The van der Waals surface area contributed by atoms with Gasteiger partial charge in [-0.05, 0) is 19.1 Å². The second kappa shape index (κ2) is 5.93. The molecule has 108 valence electrons. The molecule has 0 spiro atoms. The van der Waals surface area contributed by atoms with Crippen LogP contribution in [-0.4, -0.2) is 25.0 Å². The van der Waals surface area contributed by atoms with Crippen LogP contribution in [0.5, 0.6) is 5.88 Å². The SMILES string of the molecule is CCOc1ccc(NS(=O)(=O)c2c[nH]c(CN)c2)cn1. The molecule has 2 aromatic heterocycles. The van der Waals surface area contributed by atoms with Gasteiger partial charge in [-0.2, -0.15) is 0 Å². The van der Waals surface area contributed by atoms with Gasteiger partial charge in [-0.1, -0.05) is 0 Å². The number of ether oxygens (including phenoxy) is 1. The van der Waals surface area contributed by atoms with Gasteiger partial charge in [0.15, 0.2) is 0 Å². The highest BCUT2D eigenvalue weighted by Crippen LogP contribution is 2.17. The Morgan fingerprint density at radius 3 is 2.80 bits per heavy atom. The summed E-state index contributed by atoms with van der Waals surface area (Å²) in [5.74, 6) is 0.447. The van der Waals surface area contributed by atoms with Crippen LogP contribution in [0, 0.1) is 0 Å². The van der Waals surface area contributed by atoms with Gasteiger partial charge in [0.1, 0.15) is 4.90 Å². The number of anilines is 1. The molecule has 0 fully saturated rings. The van der Waals surface area contributed by atoms with Gasteiger partial charge in [0.25, 0.3) is 10.0 Å². The van der Waals surface area contributed by atoms with E-state index in [4.69, 9.17) is 10.5 Å². The molecule has 0 saturated heterocycles. The number of sulfonamides is 1. The predicted molar refractivity (Wildman–Crippen MR) is 74.9 cm³/mol. The summed E-state index contributed by atoms with van der Waals surface area (Å²) in [6, 6.07) is 4.68. The summed E-state index contributed by atoms with van der Waals surface area (Å²) in [4.78, 5) is 6.92. The van der Waals surface area contributed by atoms with Crippen LogP contribution in [0.15, 0.2) is 35.5 Å². The summed E-state index contributed by atoms with van der Waals surface area (Å²) >= 11 is 0. The number of hydrogen-bond acceptors (Lipinski definition) is 5. The van der Waals surface area contributed by atoms with Crippen molar-refractivity contribution in [3.8, 4) is 5.88 Å². The Morgan fingerprint density at radius 2 is 2.25 bits per heavy atom. The lowest BCUT2D eigenvalue weighted by Gasteiger charge is -2.07. The Morgan fingerprint density at radius 1 is 1.45 bits per heavy atom. The number of aromatic nitrogens is 2.